The van der Waals surface area contributed by atoms with Gasteiger partial charge < -0.3 is 4.90 Å². The number of rotatable bonds is 4. The molecule has 1 aromatic heterocycles. The number of pyridine rings is 1. The Kier molecular flexibility index (Phi) is 4.02. The number of fused-ring (bicyclic) bond motifs is 1. The van der Waals surface area contributed by atoms with Crippen LogP contribution >= 0.6 is 0 Å². The molecule has 0 N–H and O–H groups in total. The van der Waals surface area contributed by atoms with Gasteiger partial charge in [-0.25, -0.2) is 8.78 Å². The van der Waals surface area contributed by atoms with Gasteiger partial charge in [0.2, 0.25) is 5.91 Å². The van der Waals surface area contributed by atoms with Crippen molar-refractivity contribution >= 4 is 5.91 Å². The van der Waals surface area contributed by atoms with Gasteiger partial charge >= 0.3 is 0 Å². The zero-order valence-corrected chi connectivity index (χ0v) is 14.0. The number of aromatic nitrogens is 1. The first kappa shape index (κ1) is 16.2. The molecule has 2 saturated carbocycles. The summed E-state index contributed by atoms with van der Waals surface area (Å²) in [5.74, 6) is -0.194. The summed E-state index contributed by atoms with van der Waals surface area (Å²) in [5, 5.41) is 0. The molecule has 0 spiro atoms. The quantitative estimate of drug-likeness (QED) is 0.843. The summed E-state index contributed by atoms with van der Waals surface area (Å²) in [6, 6.07) is 6.48. The van der Waals surface area contributed by atoms with E-state index in [4.69, 9.17) is 0 Å². The molecule has 1 amide bonds. The topological polar surface area (TPSA) is 33.2 Å². The standard InChI is InChI=1S/C20H20F2N2O/c1-24(20(25)18-14-5-2-6-15(14)18)19(12-4-3-9-23-11-12)16-8-7-13(21)10-17(16)22/h3-4,7-11,14-15,18-19H,2,5-6H2,1H3. The lowest BCUT2D eigenvalue weighted by Crippen LogP contribution is -2.34. The molecule has 3 nitrogen and oxygen atoms in total. The SMILES string of the molecule is CN(C(=O)C1C2CCCC21)C(c1cccnc1)c1ccc(F)cc1F. The summed E-state index contributed by atoms with van der Waals surface area (Å²) in [7, 11) is 1.71. The molecule has 2 aromatic rings. The van der Waals surface area contributed by atoms with Gasteiger partial charge in [-0.1, -0.05) is 18.6 Å². The molecule has 2 aliphatic rings. The van der Waals surface area contributed by atoms with E-state index in [1.807, 2.05) is 6.07 Å². The predicted octanol–water partition coefficient (Wildman–Crippen LogP) is 3.95. The van der Waals surface area contributed by atoms with Crippen LogP contribution < -0.4 is 0 Å². The van der Waals surface area contributed by atoms with Gasteiger partial charge in [-0.15, -0.1) is 0 Å². The fraction of sp³-hybridized carbons (Fsp3) is 0.400. The van der Waals surface area contributed by atoms with E-state index in [1.165, 1.54) is 18.6 Å². The molecule has 0 bridgehead atoms. The molecular weight excluding hydrogens is 322 g/mol. The van der Waals surface area contributed by atoms with E-state index in [-0.39, 0.29) is 17.4 Å². The van der Waals surface area contributed by atoms with Crippen LogP contribution in [0.15, 0.2) is 42.7 Å². The largest absolute Gasteiger partial charge is 0.334 e. The van der Waals surface area contributed by atoms with E-state index < -0.39 is 17.7 Å². The molecule has 130 valence electrons. The number of amides is 1. The summed E-state index contributed by atoms with van der Waals surface area (Å²) in [5.41, 5.74) is 1.01. The molecule has 2 fully saturated rings. The van der Waals surface area contributed by atoms with Crippen LogP contribution in [0, 0.1) is 29.4 Å². The number of carbonyl (C=O) groups is 1. The molecular formula is C20H20F2N2O. The van der Waals surface area contributed by atoms with Crippen molar-refractivity contribution in [3.05, 3.63) is 65.5 Å². The van der Waals surface area contributed by atoms with E-state index in [1.54, 1.807) is 30.4 Å². The van der Waals surface area contributed by atoms with Crippen LogP contribution in [0.2, 0.25) is 0 Å². The highest BCUT2D eigenvalue weighted by molar-refractivity contribution is 5.83. The van der Waals surface area contributed by atoms with Gasteiger partial charge in [0.05, 0.1) is 6.04 Å². The van der Waals surface area contributed by atoms with E-state index in [9.17, 15) is 13.6 Å². The second kappa shape index (κ2) is 6.21. The minimum absolute atomic E-state index is 0.0484. The van der Waals surface area contributed by atoms with Crippen molar-refractivity contribution in [2.75, 3.05) is 7.05 Å². The summed E-state index contributed by atoms with van der Waals surface area (Å²) < 4.78 is 27.8. The van der Waals surface area contributed by atoms with E-state index >= 15 is 0 Å². The highest BCUT2D eigenvalue weighted by Gasteiger charge is 2.57. The molecule has 1 aromatic carbocycles. The predicted molar refractivity (Wildman–Crippen MR) is 89.5 cm³/mol. The van der Waals surface area contributed by atoms with Crippen LogP contribution in [-0.4, -0.2) is 22.8 Å². The first-order chi connectivity index (χ1) is 12.1. The molecule has 0 aliphatic heterocycles. The monoisotopic (exact) mass is 342 g/mol. The number of nitrogens with zero attached hydrogens (tertiary/aromatic N) is 2. The maximum atomic E-state index is 14.5. The van der Waals surface area contributed by atoms with Crippen molar-refractivity contribution in [2.24, 2.45) is 17.8 Å². The number of hydrogen-bond acceptors (Lipinski definition) is 2. The molecule has 5 heteroatoms. The molecule has 2 aliphatic carbocycles. The summed E-state index contributed by atoms with van der Waals surface area (Å²) in [4.78, 5) is 18.7. The third-order valence-corrected chi connectivity index (χ3v) is 5.68. The summed E-state index contributed by atoms with van der Waals surface area (Å²) in [6.45, 7) is 0. The Hall–Kier alpha value is -2.30. The average molecular weight is 342 g/mol. The van der Waals surface area contributed by atoms with Gasteiger partial charge in [0.1, 0.15) is 11.6 Å². The molecule has 0 radical (unpaired) electrons. The first-order valence-corrected chi connectivity index (χ1v) is 8.69. The summed E-state index contributed by atoms with van der Waals surface area (Å²) in [6.07, 6.45) is 6.68. The molecule has 0 saturated heterocycles. The lowest BCUT2D eigenvalue weighted by atomic mass is 9.97. The number of carbonyl (C=O) groups excluding carboxylic acids is 1. The van der Waals surface area contributed by atoms with Crippen LogP contribution in [0.1, 0.15) is 36.4 Å². The minimum Gasteiger partial charge on any atom is -0.334 e. The zero-order valence-electron chi connectivity index (χ0n) is 14.0. The van der Waals surface area contributed by atoms with E-state index in [0.717, 1.165) is 24.5 Å². The normalized spacial score (nSPS) is 25.3. The Bertz CT molecular complexity index is 786. The number of halogens is 2. The van der Waals surface area contributed by atoms with Gasteiger partial charge in [0, 0.05) is 37.0 Å². The van der Waals surface area contributed by atoms with Crippen LogP contribution in [0.3, 0.4) is 0 Å². The van der Waals surface area contributed by atoms with Crippen molar-refractivity contribution in [2.45, 2.75) is 25.3 Å². The van der Waals surface area contributed by atoms with Crippen LogP contribution in [-0.2, 0) is 4.79 Å². The van der Waals surface area contributed by atoms with Crippen molar-refractivity contribution in [3.8, 4) is 0 Å². The minimum atomic E-state index is -0.649. The van der Waals surface area contributed by atoms with Crippen LogP contribution in [0.4, 0.5) is 8.78 Å². The highest BCUT2D eigenvalue weighted by atomic mass is 19.1. The molecule has 25 heavy (non-hydrogen) atoms. The number of benzene rings is 1. The fourth-order valence-electron chi connectivity index (χ4n) is 4.42. The third kappa shape index (κ3) is 2.81. The second-order valence-corrected chi connectivity index (χ2v) is 7.09. The summed E-state index contributed by atoms with van der Waals surface area (Å²) >= 11 is 0. The zero-order chi connectivity index (χ0) is 17.6. The van der Waals surface area contributed by atoms with Crippen LogP contribution in [0.25, 0.3) is 0 Å². The van der Waals surface area contributed by atoms with Gasteiger partial charge in [0.15, 0.2) is 0 Å². The van der Waals surface area contributed by atoms with Crippen molar-refractivity contribution in [1.82, 2.24) is 9.88 Å². The lowest BCUT2D eigenvalue weighted by Gasteiger charge is -2.30. The highest BCUT2D eigenvalue weighted by Crippen LogP contribution is 2.58. The number of hydrogen-bond donors (Lipinski definition) is 0. The Morgan fingerprint density at radius 2 is 2.00 bits per heavy atom. The lowest BCUT2D eigenvalue weighted by molar-refractivity contribution is -0.133. The molecule has 3 unspecified atom stereocenters. The van der Waals surface area contributed by atoms with Crippen molar-refractivity contribution in [3.63, 3.8) is 0 Å². The maximum Gasteiger partial charge on any atom is 0.226 e. The maximum absolute atomic E-state index is 14.5. The third-order valence-electron chi connectivity index (χ3n) is 5.68. The van der Waals surface area contributed by atoms with Crippen LogP contribution in [0.5, 0.6) is 0 Å². The molecule has 4 rings (SSSR count). The Balaban J connectivity index is 1.69. The first-order valence-electron chi connectivity index (χ1n) is 8.69. The van der Waals surface area contributed by atoms with E-state index in [0.29, 0.717) is 11.8 Å². The Morgan fingerprint density at radius 3 is 2.64 bits per heavy atom. The van der Waals surface area contributed by atoms with Gasteiger partial charge in [-0.2, -0.15) is 0 Å². The van der Waals surface area contributed by atoms with Crippen molar-refractivity contribution < 1.29 is 13.6 Å². The molecule has 3 atom stereocenters. The van der Waals surface area contributed by atoms with Gasteiger partial charge in [-0.05, 0) is 42.4 Å². The Morgan fingerprint density at radius 1 is 1.24 bits per heavy atom. The smallest absolute Gasteiger partial charge is 0.226 e. The van der Waals surface area contributed by atoms with Gasteiger partial charge in [0.25, 0.3) is 0 Å². The average Bonchev–Trinajstić information content (AvgIpc) is 3.08. The second-order valence-electron chi connectivity index (χ2n) is 7.09. The van der Waals surface area contributed by atoms with Crippen molar-refractivity contribution in [1.29, 1.82) is 0 Å². The Labute approximate surface area is 145 Å². The van der Waals surface area contributed by atoms with E-state index in [2.05, 4.69) is 4.98 Å². The van der Waals surface area contributed by atoms with Gasteiger partial charge in [-0.3, -0.25) is 9.78 Å². The molecule has 1 heterocycles. The fourth-order valence-corrected chi connectivity index (χ4v) is 4.42.